The summed E-state index contributed by atoms with van der Waals surface area (Å²) in [5, 5.41) is -0.197. The molecule has 0 saturated carbocycles. The van der Waals surface area contributed by atoms with E-state index in [1.54, 1.807) is 6.08 Å². The monoisotopic (exact) mass is 284 g/mol. The van der Waals surface area contributed by atoms with Crippen molar-refractivity contribution in [3.63, 3.8) is 0 Å². The third-order valence-electron chi connectivity index (χ3n) is 1.97. The van der Waals surface area contributed by atoms with Crippen LogP contribution in [0, 0.1) is 0 Å². The van der Waals surface area contributed by atoms with E-state index < -0.39 is 11.9 Å². The van der Waals surface area contributed by atoms with Gasteiger partial charge >= 0.3 is 11.9 Å². The summed E-state index contributed by atoms with van der Waals surface area (Å²) < 4.78 is 9.56. The van der Waals surface area contributed by atoms with Crippen LogP contribution in [0.2, 0.25) is 0 Å². The minimum absolute atomic E-state index is 0.172. The number of esters is 2. The van der Waals surface area contributed by atoms with Crippen LogP contribution in [0.1, 0.15) is 0 Å². The molecule has 0 atom stereocenters. The van der Waals surface area contributed by atoms with Gasteiger partial charge in [0.1, 0.15) is 11.5 Å². The number of thioether (sulfide) groups is 2. The van der Waals surface area contributed by atoms with Crippen molar-refractivity contribution in [3.05, 3.63) is 35.2 Å². The van der Waals surface area contributed by atoms with E-state index in [2.05, 4.69) is 6.58 Å². The Hall–Kier alpha value is -1.47. The lowest BCUT2D eigenvalue weighted by Gasteiger charge is -2.04. The molecule has 0 aromatic rings. The number of carbonyl (C=O) groups excluding carboxylic acids is 3. The van der Waals surface area contributed by atoms with Gasteiger partial charge in [0.25, 0.3) is 0 Å². The van der Waals surface area contributed by atoms with Crippen molar-refractivity contribution < 1.29 is 23.9 Å². The average molecular weight is 284 g/mol. The smallest absolute Gasteiger partial charge is 0.422 e. The van der Waals surface area contributed by atoms with Crippen molar-refractivity contribution in [3.8, 4) is 0 Å². The number of carbonyl (C=O) groups is 3. The van der Waals surface area contributed by atoms with Gasteiger partial charge in [-0.2, -0.15) is 0 Å². The van der Waals surface area contributed by atoms with E-state index in [-0.39, 0.29) is 16.6 Å². The third kappa shape index (κ3) is 3.27. The van der Waals surface area contributed by atoms with Crippen LogP contribution in [0.25, 0.3) is 0 Å². The van der Waals surface area contributed by atoms with Gasteiger partial charge in [-0.3, -0.25) is 4.79 Å². The Labute approximate surface area is 111 Å². The molecular weight excluding hydrogens is 276 g/mol. The maximum atomic E-state index is 11.4. The molecule has 94 valence electrons. The van der Waals surface area contributed by atoms with E-state index in [0.29, 0.717) is 11.5 Å². The fourth-order valence-electron chi connectivity index (χ4n) is 1.22. The highest BCUT2D eigenvalue weighted by molar-refractivity contribution is 8.14. The van der Waals surface area contributed by atoms with Crippen LogP contribution in [0.15, 0.2) is 35.2 Å². The summed E-state index contributed by atoms with van der Waals surface area (Å²) in [6.07, 6.45) is 2.77. The van der Waals surface area contributed by atoms with Crippen LogP contribution in [-0.4, -0.2) is 28.6 Å². The molecule has 2 aliphatic heterocycles. The van der Waals surface area contributed by atoms with Crippen molar-refractivity contribution in [1.29, 1.82) is 0 Å². The maximum Gasteiger partial charge on any atom is 0.423 e. The number of allylic oxidation sites excluding steroid dienone is 1. The van der Waals surface area contributed by atoms with Crippen LogP contribution in [0.4, 0.5) is 0 Å². The molecule has 0 aromatic heterocycles. The average Bonchev–Trinajstić information content (AvgIpc) is 2.88. The Morgan fingerprint density at radius 3 is 2.06 bits per heavy atom. The van der Waals surface area contributed by atoms with Gasteiger partial charge in [0.05, 0.1) is 11.5 Å². The number of hydrogen-bond acceptors (Lipinski definition) is 7. The van der Waals surface area contributed by atoms with Gasteiger partial charge in [0.2, 0.25) is 5.12 Å². The van der Waals surface area contributed by atoms with Crippen molar-refractivity contribution in [2.75, 3.05) is 11.5 Å². The Balaban J connectivity index is 1.87. The number of ether oxygens (including phenoxy) is 2. The van der Waals surface area contributed by atoms with Crippen molar-refractivity contribution >= 4 is 40.6 Å². The molecule has 7 heteroatoms. The minimum atomic E-state index is -1.13. The fourth-order valence-corrected chi connectivity index (χ4v) is 2.55. The largest absolute Gasteiger partial charge is 0.423 e. The van der Waals surface area contributed by atoms with E-state index in [1.807, 2.05) is 0 Å². The Morgan fingerprint density at radius 1 is 1.06 bits per heavy atom. The van der Waals surface area contributed by atoms with Gasteiger partial charge in [0.15, 0.2) is 0 Å². The number of rotatable bonds is 2. The lowest BCUT2D eigenvalue weighted by Crippen LogP contribution is -2.20. The van der Waals surface area contributed by atoms with E-state index in [1.165, 1.54) is 17.8 Å². The SMILES string of the molecule is C=C1C=C(OC(=O)C(=O)OC2=CC(=O)SC2)CS1. The zero-order valence-corrected chi connectivity index (χ0v) is 10.8. The third-order valence-corrected chi connectivity index (χ3v) is 3.72. The van der Waals surface area contributed by atoms with Crippen molar-refractivity contribution in [2.45, 2.75) is 0 Å². The van der Waals surface area contributed by atoms with Gasteiger partial charge in [-0.05, 0) is 6.08 Å². The molecule has 0 amide bonds. The van der Waals surface area contributed by atoms with Crippen LogP contribution >= 0.6 is 23.5 Å². The molecule has 0 fully saturated rings. The second kappa shape index (κ2) is 5.45. The Bertz CT molecular complexity index is 458. The normalized spacial score (nSPS) is 18.4. The highest BCUT2D eigenvalue weighted by atomic mass is 32.2. The van der Waals surface area contributed by atoms with Gasteiger partial charge in [0, 0.05) is 11.0 Å². The summed E-state index contributed by atoms with van der Waals surface area (Å²) in [6.45, 7) is 3.68. The molecule has 0 aromatic carbocycles. The van der Waals surface area contributed by atoms with E-state index in [9.17, 15) is 14.4 Å². The second-order valence-corrected chi connectivity index (χ2v) is 5.44. The Morgan fingerprint density at radius 2 is 1.61 bits per heavy atom. The van der Waals surface area contributed by atoms with Gasteiger partial charge in [-0.15, -0.1) is 11.8 Å². The van der Waals surface area contributed by atoms with Crippen LogP contribution < -0.4 is 0 Å². The second-order valence-electron chi connectivity index (χ2n) is 3.36. The molecule has 0 unspecified atom stereocenters. The zero-order valence-electron chi connectivity index (χ0n) is 9.13. The molecule has 0 radical (unpaired) electrons. The molecule has 18 heavy (non-hydrogen) atoms. The first kappa shape index (κ1) is 13.0. The summed E-state index contributed by atoms with van der Waals surface area (Å²) in [6, 6.07) is 0. The van der Waals surface area contributed by atoms with E-state index >= 15 is 0 Å². The lowest BCUT2D eigenvalue weighted by molar-refractivity contribution is -0.162. The topological polar surface area (TPSA) is 69.7 Å². The predicted molar refractivity (Wildman–Crippen MR) is 67.4 cm³/mol. The predicted octanol–water partition coefficient (Wildman–Crippen LogP) is 1.37. The molecule has 5 nitrogen and oxygen atoms in total. The van der Waals surface area contributed by atoms with Crippen molar-refractivity contribution in [2.24, 2.45) is 0 Å². The van der Waals surface area contributed by atoms with Gasteiger partial charge in [-0.25, -0.2) is 9.59 Å². The first-order valence-electron chi connectivity index (χ1n) is 4.88. The minimum Gasteiger partial charge on any atom is -0.422 e. The van der Waals surface area contributed by atoms with Crippen LogP contribution in [-0.2, 0) is 23.9 Å². The molecule has 2 rings (SSSR count). The molecule has 0 bridgehead atoms. The molecule has 0 N–H and O–H groups in total. The molecule has 2 aliphatic rings. The van der Waals surface area contributed by atoms with Gasteiger partial charge in [-0.1, -0.05) is 18.3 Å². The quantitative estimate of drug-likeness (QED) is 0.560. The molecule has 0 spiro atoms. The molecule has 2 heterocycles. The van der Waals surface area contributed by atoms with Crippen LogP contribution in [0.5, 0.6) is 0 Å². The van der Waals surface area contributed by atoms with Crippen molar-refractivity contribution in [1.82, 2.24) is 0 Å². The summed E-state index contributed by atoms with van der Waals surface area (Å²) in [5.74, 6) is -0.951. The highest BCUT2D eigenvalue weighted by Gasteiger charge is 2.25. The fraction of sp³-hybridized carbons (Fsp3) is 0.182. The summed E-state index contributed by atoms with van der Waals surface area (Å²) in [5.41, 5.74) is 0. The zero-order chi connectivity index (χ0) is 13.1. The molecule has 0 saturated heterocycles. The lowest BCUT2D eigenvalue weighted by atomic mass is 10.4. The summed E-state index contributed by atoms with van der Waals surface area (Å²) in [7, 11) is 0. The maximum absolute atomic E-state index is 11.4. The van der Waals surface area contributed by atoms with Gasteiger partial charge < -0.3 is 9.47 Å². The molecule has 0 aliphatic carbocycles. The first-order chi connectivity index (χ1) is 8.54. The Kier molecular flexibility index (Phi) is 3.93. The number of hydrogen-bond donors (Lipinski definition) is 0. The van der Waals surface area contributed by atoms with Crippen LogP contribution in [0.3, 0.4) is 0 Å². The highest BCUT2D eigenvalue weighted by Crippen LogP contribution is 2.28. The first-order valence-corrected chi connectivity index (χ1v) is 6.85. The molecular formula is C11H8O5S2. The summed E-state index contributed by atoms with van der Waals surface area (Å²) >= 11 is 2.42. The van der Waals surface area contributed by atoms with E-state index in [4.69, 9.17) is 9.47 Å². The standard InChI is InChI=1S/C11H8O5S2/c1-6-2-7(4-17-6)15-10(13)11(14)16-8-3-9(12)18-5-8/h2-3H,1,4-5H2. The van der Waals surface area contributed by atoms with E-state index in [0.717, 1.165) is 16.7 Å². The summed E-state index contributed by atoms with van der Waals surface area (Å²) in [4.78, 5) is 34.4.